The van der Waals surface area contributed by atoms with Crippen LogP contribution >= 0.6 is 0 Å². The number of piperidine rings is 1. The number of nitrogens with zero attached hydrogens (tertiary/aromatic N) is 2. The maximum atomic E-state index is 14.2. The van der Waals surface area contributed by atoms with Gasteiger partial charge in [0.25, 0.3) is 0 Å². The molecule has 1 aromatic carbocycles. The molecule has 0 spiro atoms. The summed E-state index contributed by atoms with van der Waals surface area (Å²) < 4.78 is 11.9. The van der Waals surface area contributed by atoms with Crippen LogP contribution in [0.2, 0.25) is 0 Å². The van der Waals surface area contributed by atoms with Crippen LogP contribution in [0, 0.1) is 23.7 Å². The van der Waals surface area contributed by atoms with E-state index in [0.717, 1.165) is 31.2 Å². The predicted molar refractivity (Wildman–Crippen MR) is 201 cm³/mol. The molecule has 1 saturated carbocycles. The third-order valence-corrected chi connectivity index (χ3v) is 12.0. The maximum Gasteiger partial charge on any atom is 0.326 e. The normalized spacial score (nSPS) is 24.9. The Morgan fingerprint density at radius 2 is 1.70 bits per heavy atom. The molecule has 1 aliphatic carbocycles. The lowest BCUT2D eigenvalue weighted by Gasteiger charge is -2.41. The van der Waals surface area contributed by atoms with Crippen LogP contribution in [0.5, 0.6) is 0 Å². The summed E-state index contributed by atoms with van der Waals surface area (Å²) in [5.74, 6) is -2.77. The van der Waals surface area contributed by atoms with Gasteiger partial charge in [-0.15, -0.1) is 0 Å². The SMILES string of the molecule is CC[C@H](C)[C@@H]([C@@H](CC(=O)N1CCC[C@H]1[C@H](OC)[C@@H](C)C(=O)NC(Cc1ccccc1)C(=O)O)OC)N(C)C(=O)[C@@H](NC(=O)[C@H]1N[C@@H]2CC[C@H]1C2)C(C)C. The van der Waals surface area contributed by atoms with Crippen molar-refractivity contribution >= 4 is 29.6 Å². The van der Waals surface area contributed by atoms with Crippen LogP contribution in [0.15, 0.2) is 30.3 Å². The van der Waals surface area contributed by atoms with E-state index in [0.29, 0.717) is 31.3 Å². The van der Waals surface area contributed by atoms with Gasteiger partial charge in [0.1, 0.15) is 12.1 Å². The molecule has 296 valence electrons. The lowest BCUT2D eigenvalue weighted by molar-refractivity contribution is -0.148. The van der Waals surface area contributed by atoms with Crippen LogP contribution < -0.4 is 16.0 Å². The van der Waals surface area contributed by atoms with Crippen molar-refractivity contribution in [2.24, 2.45) is 23.7 Å². The standard InChI is InChI=1S/C40H63N5O8/c1-9-24(4)35(44(6)39(49)33(23(2)3)43-38(48)34-27-17-18-28(21-27)41-34)31(52-7)22-32(46)45-19-13-16-30(45)36(53-8)25(5)37(47)42-29(40(50)51)20-26-14-11-10-12-15-26/h10-12,14-15,23-25,27-31,33-36,41H,9,13,16-22H2,1-8H3,(H,42,47)(H,43,48)(H,50,51)/t24-,25+,27-,28+,29?,30-,31+,33-,34-,35-,36+/m0/s1. The van der Waals surface area contributed by atoms with Crippen molar-refractivity contribution in [2.75, 3.05) is 27.8 Å². The molecule has 1 aromatic rings. The summed E-state index contributed by atoms with van der Waals surface area (Å²) in [7, 11) is 4.78. The molecule has 2 saturated heterocycles. The van der Waals surface area contributed by atoms with Gasteiger partial charge in [0.2, 0.25) is 23.6 Å². The molecule has 3 aliphatic rings. The van der Waals surface area contributed by atoms with E-state index in [9.17, 15) is 29.1 Å². The summed E-state index contributed by atoms with van der Waals surface area (Å²) in [6.45, 7) is 10.1. The molecular formula is C40H63N5O8. The van der Waals surface area contributed by atoms with Crippen LogP contribution in [-0.2, 0) is 39.9 Å². The highest BCUT2D eigenvalue weighted by Crippen LogP contribution is 2.35. The lowest BCUT2D eigenvalue weighted by Crippen LogP contribution is -2.60. The number of likely N-dealkylation sites (tertiary alicyclic amines) is 1. The molecule has 2 heterocycles. The van der Waals surface area contributed by atoms with Gasteiger partial charge in [-0.1, -0.05) is 71.4 Å². The Hall–Kier alpha value is -3.55. The molecular weight excluding hydrogens is 678 g/mol. The number of aliphatic carboxylic acids is 1. The van der Waals surface area contributed by atoms with Crippen LogP contribution in [0.3, 0.4) is 0 Å². The average molecular weight is 742 g/mol. The van der Waals surface area contributed by atoms with Crippen LogP contribution in [0.25, 0.3) is 0 Å². The van der Waals surface area contributed by atoms with Gasteiger partial charge in [-0.3, -0.25) is 19.2 Å². The molecule has 13 nitrogen and oxygen atoms in total. The minimum absolute atomic E-state index is 0.00255. The first kappa shape index (κ1) is 42.2. The van der Waals surface area contributed by atoms with Crippen molar-refractivity contribution in [3.63, 3.8) is 0 Å². The Bertz CT molecular complexity index is 1410. The highest BCUT2D eigenvalue weighted by molar-refractivity contribution is 5.90. The fourth-order valence-electron chi connectivity index (χ4n) is 8.79. The predicted octanol–water partition coefficient (Wildman–Crippen LogP) is 3.00. The van der Waals surface area contributed by atoms with Gasteiger partial charge in [-0.2, -0.15) is 0 Å². The third kappa shape index (κ3) is 10.2. The average Bonchev–Trinajstić information content (AvgIpc) is 3.92. The molecule has 2 bridgehead atoms. The van der Waals surface area contributed by atoms with E-state index in [-0.39, 0.29) is 48.4 Å². The number of carboxylic acid groups (broad SMARTS) is 1. The Balaban J connectivity index is 1.45. The number of amides is 4. The number of carbonyl (C=O) groups excluding carboxylic acids is 4. The maximum absolute atomic E-state index is 14.2. The highest BCUT2D eigenvalue weighted by atomic mass is 16.5. The first-order chi connectivity index (χ1) is 25.2. The van der Waals surface area contributed by atoms with E-state index in [1.165, 1.54) is 7.11 Å². The van der Waals surface area contributed by atoms with E-state index >= 15 is 0 Å². The summed E-state index contributed by atoms with van der Waals surface area (Å²) in [6, 6.07) is 6.47. The molecule has 53 heavy (non-hydrogen) atoms. The summed E-state index contributed by atoms with van der Waals surface area (Å²) in [6.07, 6.45) is 3.98. The Morgan fingerprint density at radius 3 is 2.25 bits per heavy atom. The van der Waals surface area contributed by atoms with Crippen molar-refractivity contribution in [3.8, 4) is 0 Å². The van der Waals surface area contributed by atoms with E-state index in [1.54, 1.807) is 30.9 Å². The molecule has 11 atom stereocenters. The quantitative estimate of drug-likeness (QED) is 0.167. The van der Waals surface area contributed by atoms with Gasteiger partial charge in [0.15, 0.2) is 0 Å². The summed E-state index contributed by atoms with van der Waals surface area (Å²) >= 11 is 0. The van der Waals surface area contributed by atoms with Gasteiger partial charge in [0.05, 0.1) is 42.7 Å². The topological polar surface area (TPSA) is 167 Å². The highest BCUT2D eigenvalue weighted by Gasteiger charge is 2.46. The number of benzene rings is 1. The Kier molecular flexibility index (Phi) is 15.3. The smallest absolute Gasteiger partial charge is 0.326 e. The number of carbonyl (C=O) groups is 5. The van der Waals surface area contributed by atoms with Crippen molar-refractivity contribution in [1.29, 1.82) is 0 Å². The molecule has 4 N–H and O–H groups in total. The lowest BCUT2D eigenvalue weighted by atomic mass is 9.89. The van der Waals surface area contributed by atoms with Crippen molar-refractivity contribution in [1.82, 2.24) is 25.8 Å². The molecule has 4 amide bonds. The van der Waals surface area contributed by atoms with E-state index in [1.807, 2.05) is 58.0 Å². The van der Waals surface area contributed by atoms with Crippen LogP contribution in [-0.4, -0.2) is 121 Å². The van der Waals surface area contributed by atoms with Gasteiger partial charge in [-0.25, -0.2) is 4.79 Å². The summed E-state index contributed by atoms with van der Waals surface area (Å²) in [4.78, 5) is 70.7. The first-order valence-corrected chi connectivity index (χ1v) is 19.5. The van der Waals surface area contributed by atoms with Gasteiger partial charge < -0.3 is 40.3 Å². The fourth-order valence-corrected chi connectivity index (χ4v) is 8.79. The van der Waals surface area contributed by atoms with E-state index < -0.39 is 54.2 Å². The second kappa shape index (κ2) is 19.2. The summed E-state index contributed by atoms with van der Waals surface area (Å²) in [5, 5.41) is 19.1. The number of likely N-dealkylation sites (N-methyl/N-ethyl adjacent to an activating group) is 1. The minimum Gasteiger partial charge on any atom is -0.480 e. The first-order valence-electron chi connectivity index (χ1n) is 19.5. The zero-order valence-corrected chi connectivity index (χ0v) is 32.9. The second-order valence-electron chi connectivity index (χ2n) is 15.8. The zero-order valence-electron chi connectivity index (χ0n) is 32.9. The van der Waals surface area contributed by atoms with Gasteiger partial charge in [0, 0.05) is 40.3 Å². The number of fused-ring (bicyclic) bond motifs is 2. The van der Waals surface area contributed by atoms with E-state index in [4.69, 9.17) is 9.47 Å². The van der Waals surface area contributed by atoms with Crippen LogP contribution in [0.4, 0.5) is 0 Å². The Morgan fingerprint density at radius 1 is 1.00 bits per heavy atom. The zero-order chi connectivity index (χ0) is 39.0. The van der Waals surface area contributed by atoms with Crippen molar-refractivity contribution in [3.05, 3.63) is 35.9 Å². The van der Waals surface area contributed by atoms with Gasteiger partial charge >= 0.3 is 5.97 Å². The number of methoxy groups -OCH3 is 2. The van der Waals surface area contributed by atoms with Crippen LogP contribution in [0.1, 0.15) is 85.1 Å². The number of hydrogen-bond donors (Lipinski definition) is 4. The van der Waals surface area contributed by atoms with E-state index in [2.05, 4.69) is 16.0 Å². The molecule has 2 aliphatic heterocycles. The number of nitrogens with one attached hydrogen (secondary N) is 3. The molecule has 13 heteroatoms. The van der Waals surface area contributed by atoms with Crippen molar-refractivity contribution < 1.29 is 38.6 Å². The largest absolute Gasteiger partial charge is 0.480 e. The molecule has 0 aromatic heterocycles. The Labute approximate surface area is 315 Å². The second-order valence-corrected chi connectivity index (χ2v) is 15.8. The van der Waals surface area contributed by atoms with Gasteiger partial charge in [-0.05, 0) is 55.4 Å². The molecule has 1 unspecified atom stereocenters. The number of carboxylic acids is 1. The number of hydrogen-bond acceptors (Lipinski definition) is 8. The minimum atomic E-state index is -1.13. The molecule has 3 fully saturated rings. The summed E-state index contributed by atoms with van der Waals surface area (Å²) in [5.41, 5.74) is 0.789. The molecule has 0 radical (unpaired) electrons. The monoisotopic (exact) mass is 741 g/mol. The third-order valence-electron chi connectivity index (χ3n) is 12.0. The fraction of sp³-hybridized carbons (Fsp3) is 0.725. The number of ether oxygens (including phenoxy) is 2. The number of rotatable bonds is 19. The molecule has 4 rings (SSSR count). The van der Waals surface area contributed by atoms with Crippen molar-refractivity contribution in [2.45, 2.75) is 134 Å².